The number of benzene rings is 2. The standard InChI is InChI=1S/C14H17N3/c1-9-6-7-13(16)14(17)11(9)8-10-4-2-3-5-12(10)15/h2-7H,8,15-17H2,1H3. The number of anilines is 3. The molecule has 0 aliphatic rings. The van der Waals surface area contributed by atoms with Crippen molar-refractivity contribution in [1.82, 2.24) is 0 Å². The van der Waals surface area contributed by atoms with Crippen LogP contribution in [0.4, 0.5) is 17.1 Å². The second-order valence-corrected chi connectivity index (χ2v) is 4.24. The van der Waals surface area contributed by atoms with Crippen LogP contribution in [0, 0.1) is 6.92 Å². The van der Waals surface area contributed by atoms with Crippen LogP contribution >= 0.6 is 0 Å². The van der Waals surface area contributed by atoms with Gasteiger partial charge in [-0.2, -0.15) is 0 Å². The van der Waals surface area contributed by atoms with E-state index in [0.29, 0.717) is 11.4 Å². The topological polar surface area (TPSA) is 78.1 Å². The molecule has 0 amide bonds. The van der Waals surface area contributed by atoms with E-state index >= 15 is 0 Å². The maximum absolute atomic E-state index is 6.02. The summed E-state index contributed by atoms with van der Waals surface area (Å²) >= 11 is 0. The van der Waals surface area contributed by atoms with Crippen molar-refractivity contribution in [2.75, 3.05) is 17.2 Å². The number of aryl methyl sites for hydroxylation is 1. The third kappa shape index (κ3) is 2.18. The zero-order valence-corrected chi connectivity index (χ0v) is 9.90. The predicted molar refractivity (Wildman–Crippen MR) is 73.7 cm³/mol. The van der Waals surface area contributed by atoms with E-state index in [1.165, 1.54) is 0 Å². The van der Waals surface area contributed by atoms with Crippen molar-refractivity contribution in [2.24, 2.45) is 0 Å². The minimum Gasteiger partial charge on any atom is -0.398 e. The van der Waals surface area contributed by atoms with Gasteiger partial charge in [0.1, 0.15) is 0 Å². The third-order valence-electron chi connectivity index (χ3n) is 3.05. The molecule has 0 unspecified atom stereocenters. The lowest BCUT2D eigenvalue weighted by molar-refractivity contribution is 1.17. The first kappa shape index (κ1) is 11.3. The molecular formula is C14H17N3. The summed E-state index contributed by atoms with van der Waals surface area (Å²) in [5.74, 6) is 0. The van der Waals surface area contributed by atoms with E-state index in [1.54, 1.807) is 0 Å². The molecule has 6 N–H and O–H groups in total. The molecule has 0 aliphatic heterocycles. The van der Waals surface area contributed by atoms with Crippen LogP contribution in [0.1, 0.15) is 16.7 Å². The normalized spacial score (nSPS) is 10.4. The molecule has 2 rings (SSSR count). The molecule has 88 valence electrons. The molecule has 3 nitrogen and oxygen atoms in total. The molecule has 3 heteroatoms. The molecule has 0 aliphatic carbocycles. The van der Waals surface area contributed by atoms with Crippen LogP contribution in [0.25, 0.3) is 0 Å². The lowest BCUT2D eigenvalue weighted by atomic mass is 9.97. The quantitative estimate of drug-likeness (QED) is 0.689. The van der Waals surface area contributed by atoms with Crippen LogP contribution in [0.2, 0.25) is 0 Å². The predicted octanol–water partition coefficient (Wildman–Crippen LogP) is 2.33. The molecular weight excluding hydrogens is 210 g/mol. The average molecular weight is 227 g/mol. The first-order valence-electron chi connectivity index (χ1n) is 5.56. The molecule has 0 radical (unpaired) electrons. The van der Waals surface area contributed by atoms with E-state index in [2.05, 4.69) is 0 Å². The van der Waals surface area contributed by atoms with Gasteiger partial charge in [-0.3, -0.25) is 0 Å². The molecule has 0 fully saturated rings. The van der Waals surface area contributed by atoms with Gasteiger partial charge in [-0.1, -0.05) is 24.3 Å². The van der Waals surface area contributed by atoms with Crippen molar-refractivity contribution in [3.63, 3.8) is 0 Å². The van der Waals surface area contributed by atoms with Crippen molar-refractivity contribution in [3.05, 3.63) is 53.1 Å². The highest BCUT2D eigenvalue weighted by atomic mass is 14.7. The van der Waals surface area contributed by atoms with Gasteiger partial charge in [-0.15, -0.1) is 0 Å². The fourth-order valence-electron chi connectivity index (χ4n) is 1.91. The van der Waals surface area contributed by atoms with Crippen molar-refractivity contribution in [3.8, 4) is 0 Å². The second-order valence-electron chi connectivity index (χ2n) is 4.24. The van der Waals surface area contributed by atoms with Gasteiger partial charge >= 0.3 is 0 Å². The Morgan fingerprint density at radius 3 is 2.29 bits per heavy atom. The second kappa shape index (κ2) is 4.37. The van der Waals surface area contributed by atoms with Crippen LogP contribution in [0.15, 0.2) is 36.4 Å². The Morgan fingerprint density at radius 2 is 1.59 bits per heavy atom. The summed E-state index contributed by atoms with van der Waals surface area (Å²) in [4.78, 5) is 0. The summed E-state index contributed by atoms with van der Waals surface area (Å²) in [5.41, 5.74) is 23.1. The monoisotopic (exact) mass is 227 g/mol. The van der Waals surface area contributed by atoms with Crippen molar-refractivity contribution >= 4 is 17.1 Å². The third-order valence-corrected chi connectivity index (χ3v) is 3.05. The Morgan fingerprint density at radius 1 is 0.882 bits per heavy atom. The molecule has 0 atom stereocenters. The summed E-state index contributed by atoms with van der Waals surface area (Å²) in [5, 5.41) is 0. The minimum atomic E-state index is 0.625. The summed E-state index contributed by atoms with van der Waals surface area (Å²) in [6.45, 7) is 2.03. The zero-order valence-electron chi connectivity index (χ0n) is 9.90. The lowest BCUT2D eigenvalue weighted by Crippen LogP contribution is -2.04. The van der Waals surface area contributed by atoms with Crippen LogP contribution in [-0.2, 0) is 6.42 Å². The van der Waals surface area contributed by atoms with Gasteiger partial charge in [0.05, 0.1) is 11.4 Å². The number of rotatable bonds is 2. The van der Waals surface area contributed by atoms with Crippen LogP contribution in [0.5, 0.6) is 0 Å². The first-order valence-corrected chi connectivity index (χ1v) is 5.56. The highest BCUT2D eigenvalue weighted by Gasteiger charge is 2.08. The maximum Gasteiger partial charge on any atom is 0.0586 e. The molecule has 0 saturated heterocycles. The minimum absolute atomic E-state index is 0.625. The fraction of sp³-hybridized carbons (Fsp3) is 0.143. The van der Waals surface area contributed by atoms with E-state index in [1.807, 2.05) is 43.3 Å². The van der Waals surface area contributed by atoms with Crippen LogP contribution in [-0.4, -0.2) is 0 Å². The van der Waals surface area contributed by atoms with E-state index in [-0.39, 0.29) is 0 Å². The number of nitrogen functional groups attached to an aromatic ring is 3. The largest absolute Gasteiger partial charge is 0.398 e. The molecule has 0 bridgehead atoms. The Balaban J connectivity index is 2.43. The van der Waals surface area contributed by atoms with Gasteiger partial charge in [-0.05, 0) is 35.7 Å². The highest BCUT2D eigenvalue weighted by molar-refractivity contribution is 5.70. The van der Waals surface area contributed by atoms with Crippen molar-refractivity contribution in [1.29, 1.82) is 0 Å². The summed E-state index contributed by atoms with van der Waals surface area (Å²) in [6.07, 6.45) is 0.718. The Hall–Kier alpha value is -2.16. The van der Waals surface area contributed by atoms with Gasteiger partial charge in [0.25, 0.3) is 0 Å². The zero-order chi connectivity index (χ0) is 12.4. The number of nitrogens with two attached hydrogens (primary N) is 3. The van der Waals surface area contributed by atoms with E-state index in [9.17, 15) is 0 Å². The first-order chi connectivity index (χ1) is 8.09. The van der Waals surface area contributed by atoms with Gasteiger partial charge in [0.15, 0.2) is 0 Å². The van der Waals surface area contributed by atoms with E-state index in [0.717, 1.165) is 28.8 Å². The summed E-state index contributed by atoms with van der Waals surface area (Å²) < 4.78 is 0. The summed E-state index contributed by atoms with van der Waals surface area (Å²) in [6, 6.07) is 11.6. The van der Waals surface area contributed by atoms with Gasteiger partial charge in [0.2, 0.25) is 0 Å². The van der Waals surface area contributed by atoms with Crippen molar-refractivity contribution < 1.29 is 0 Å². The van der Waals surface area contributed by atoms with E-state index in [4.69, 9.17) is 17.2 Å². The van der Waals surface area contributed by atoms with Gasteiger partial charge < -0.3 is 17.2 Å². The number of hydrogen-bond acceptors (Lipinski definition) is 3. The fourth-order valence-corrected chi connectivity index (χ4v) is 1.91. The molecule has 2 aromatic carbocycles. The van der Waals surface area contributed by atoms with Crippen LogP contribution in [0.3, 0.4) is 0 Å². The Kier molecular flexibility index (Phi) is 2.91. The molecule has 0 aromatic heterocycles. The van der Waals surface area contributed by atoms with Gasteiger partial charge in [0, 0.05) is 12.1 Å². The van der Waals surface area contributed by atoms with Crippen molar-refractivity contribution in [2.45, 2.75) is 13.3 Å². The number of para-hydroxylation sites is 1. The van der Waals surface area contributed by atoms with Gasteiger partial charge in [-0.25, -0.2) is 0 Å². The average Bonchev–Trinajstić information content (AvgIpc) is 2.32. The van der Waals surface area contributed by atoms with E-state index < -0.39 is 0 Å². The lowest BCUT2D eigenvalue weighted by Gasteiger charge is -2.13. The number of hydrogen-bond donors (Lipinski definition) is 3. The smallest absolute Gasteiger partial charge is 0.0586 e. The Bertz CT molecular complexity index is 547. The molecule has 17 heavy (non-hydrogen) atoms. The molecule has 0 saturated carbocycles. The highest BCUT2D eigenvalue weighted by Crippen LogP contribution is 2.27. The SMILES string of the molecule is Cc1ccc(N)c(N)c1Cc1ccccc1N. The van der Waals surface area contributed by atoms with Crippen LogP contribution < -0.4 is 17.2 Å². The molecule has 2 aromatic rings. The molecule has 0 heterocycles. The molecule has 0 spiro atoms. The summed E-state index contributed by atoms with van der Waals surface area (Å²) in [7, 11) is 0. The maximum atomic E-state index is 6.02. The Labute approximate surface area is 101 Å².